The lowest BCUT2D eigenvalue weighted by atomic mass is 10.1. The molecule has 0 saturated carbocycles. The molecule has 2 N–H and O–H groups in total. The highest BCUT2D eigenvalue weighted by Gasteiger charge is 2.11. The summed E-state index contributed by atoms with van der Waals surface area (Å²) in [6, 6.07) is 0.0172. The highest BCUT2D eigenvalue weighted by atomic mass is 32.1. The van der Waals surface area contributed by atoms with Crippen molar-refractivity contribution in [2.24, 2.45) is 5.73 Å². The summed E-state index contributed by atoms with van der Waals surface area (Å²) in [6.07, 6.45) is 2.87. The van der Waals surface area contributed by atoms with E-state index in [2.05, 4.69) is 11.9 Å². The molecule has 3 nitrogen and oxygen atoms in total. The van der Waals surface area contributed by atoms with E-state index in [1.54, 1.807) is 11.3 Å². The molecule has 1 aromatic heterocycles. The van der Waals surface area contributed by atoms with Crippen LogP contribution in [0.2, 0.25) is 0 Å². The zero-order valence-corrected chi connectivity index (χ0v) is 10.1. The molecule has 0 fully saturated rings. The zero-order valence-electron chi connectivity index (χ0n) is 9.32. The summed E-state index contributed by atoms with van der Waals surface area (Å²) < 4.78 is 0. The van der Waals surface area contributed by atoms with Crippen molar-refractivity contribution >= 4 is 17.1 Å². The predicted molar refractivity (Wildman–Crippen MR) is 63.1 cm³/mol. The third-order valence-corrected chi connectivity index (χ3v) is 3.13. The molecular formula is C11H18N2OS. The van der Waals surface area contributed by atoms with Crippen molar-refractivity contribution in [3.8, 4) is 0 Å². The number of aromatic nitrogens is 1. The summed E-state index contributed by atoms with van der Waals surface area (Å²) in [7, 11) is 0. The van der Waals surface area contributed by atoms with Crippen LogP contribution in [0, 0.1) is 6.92 Å². The van der Waals surface area contributed by atoms with E-state index in [0.29, 0.717) is 12.8 Å². The second kappa shape index (κ2) is 5.98. The molecule has 0 aliphatic rings. The standard InChI is InChI=1S/C11H18N2OS/c1-3-4-9(12)5-10(14)6-11-13-8(2)7-15-11/h7,9H,3-6,12H2,1-2H3. The van der Waals surface area contributed by atoms with Gasteiger partial charge in [0.1, 0.15) is 10.8 Å². The van der Waals surface area contributed by atoms with Gasteiger partial charge in [0.05, 0.1) is 6.42 Å². The predicted octanol–water partition coefficient (Wildman–Crippen LogP) is 2.08. The van der Waals surface area contributed by atoms with Gasteiger partial charge in [-0.2, -0.15) is 0 Å². The summed E-state index contributed by atoms with van der Waals surface area (Å²) >= 11 is 1.55. The van der Waals surface area contributed by atoms with Crippen molar-refractivity contribution < 1.29 is 4.79 Å². The van der Waals surface area contributed by atoms with Crippen LogP contribution in [0.3, 0.4) is 0 Å². The van der Waals surface area contributed by atoms with Crippen molar-refractivity contribution in [2.75, 3.05) is 0 Å². The minimum atomic E-state index is 0.0172. The number of Topliss-reactive ketones (excluding diaryl/α,β-unsaturated/α-hetero) is 1. The molecule has 0 aromatic carbocycles. The van der Waals surface area contributed by atoms with E-state index in [-0.39, 0.29) is 11.8 Å². The molecule has 0 radical (unpaired) electrons. The molecule has 1 rings (SSSR count). The van der Waals surface area contributed by atoms with Gasteiger partial charge < -0.3 is 5.73 Å². The van der Waals surface area contributed by atoms with Gasteiger partial charge in [-0.05, 0) is 13.3 Å². The lowest BCUT2D eigenvalue weighted by Gasteiger charge is -2.07. The first kappa shape index (κ1) is 12.3. The molecule has 0 spiro atoms. The second-order valence-electron chi connectivity index (χ2n) is 3.85. The average molecular weight is 226 g/mol. The van der Waals surface area contributed by atoms with E-state index in [1.165, 1.54) is 0 Å². The van der Waals surface area contributed by atoms with Crippen LogP contribution in [0.5, 0.6) is 0 Å². The maximum atomic E-state index is 11.6. The molecule has 1 heterocycles. The number of carbonyl (C=O) groups is 1. The molecule has 0 aliphatic heterocycles. The maximum Gasteiger partial charge on any atom is 0.141 e. The Kier molecular flexibility index (Phi) is 4.91. The summed E-state index contributed by atoms with van der Waals surface area (Å²) in [4.78, 5) is 15.9. The Balaban J connectivity index is 2.36. The number of nitrogens with zero attached hydrogens (tertiary/aromatic N) is 1. The summed E-state index contributed by atoms with van der Waals surface area (Å²) in [6.45, 7) is 4.02. The van der Waals surface area contributed by atoms with E-state index in [9.17, 15) is 4.79 Å². The van der Waals surface area contributed by atoms with Gasteiger partial charge in [0.2, 0.25) is 0 Å². The number of ketones is 1. The minimum absolute atomic E-state index is 0.0172. The molecule has 0 bridgehead atoms. The van der Waals surface area contributed by atoms with Gasteiger partial charge in [-0.25, -0.2) is 4.98 Å². The fourth-order valence-corrected chi connectivity index (χ4v) is 2.29. The Hall–Kier alpha value is -0.740. The van der Waals surface area contributed by atoms with Crippen LogP contribution in [0.25, 0.3) is 0 Å². The van der Waals surface area contributed by atoms with E-state index >= 15 is 0 Å². The number of hydrogen-bond acceptors (Lipinski definition) is 4. The van der Waals surface area contributed by atoms with Gasteiger partial charge in [0.25, 0.3) is 0 Å². The first-order valence-electron chi connectivity index (χ1n) is 5.30. The van der Waals surface area contributed by atoms with Crippen LogP contribution >= 0.6 is 11.3 Å². The molecular weight excluding hydrogens is 208 g/mol. The van der Waals surface area contributed by atoms with Crippen LogP contribution < -0.4 is 5.73 Å². The normalized spacial score (nSPS) is 12.7. The molecule has 1 atom stereocenters. The molecule has 4 heteroatoms. The molecule has 0 aliphatic carbocycles. The van der Waals surface area contributed by atoms with Crippen LogP contribution in [0.4, 0.5) is 0 Å². The largest absolute Gasteiger partial charge is 0.327 e. The van der Waals surface area contributed by atoms with Gasteiger partial charge in [-0.15, -0.1) is 11.3 Å². The van der Waals surface area contributed by atoms with Gasteiger partial charge in [-0.1, -0.05) is 13.3 Å². The molecule has 0 amide bonds. The Morgan fingerprint density at radius 3 is 2.93 bits per heavy atom. The van der Waals surface area contributed by atoms with Crippen molar-refractivity contribution in [1.29, 1.82) is 0 Å². The first-order valence-corrected chi connectivity index (χ1v) is 6.18. The Labute approximate surface area is 94.7 Å². The summed E-state index contributed by atoms with van der Waals surface area (Å²) in [5.74, 6) is 0.199. The zero-order chi connectivity index (χ0) is 11.3. The lowest BCUT2D eigenvalue weighted by molar-refractivity contribution is -0.118. The second-order valence-corrected chi connectivity index (χ2v) is 4.79. The van der Waals surface area contributed by atoms with Crippen molar-refractivity contribution in [3.63, 3.8) is 0 Å². The quantitative estimate of drug-likeness (QED) is 0.808. The van der Waals surface area contributed by atoms with Gasteiger partial charge in [0, 0.05) is 23.5 Å². The van der Waals surface area contributed by atoms with Gasteiger partial charge in [0.15, 0.2) is 0 Å². The highest BCUT2D eigenvalue weighted by molar-refractivity contribution is 7.09. The molecule has 1 unspecified atom stereocenters. The van der Waals surface area contributed by atoms with E-state index in [0.717, 1.165) is 23.5 Å². The smallest absolute Gasteiger partial charge is 0.141 e. The number of nitrogens with two attached hydrogens (primary N) is 1. The molecule has 1 aromatic rings. The minimum Gasteiger partial charge on any atom is -0.327 e. The fourth-order valence-electron chi connectivity index (χ4n) is 1.49. The number of thiazole rings is 1. The topological polar surface area (TPSA) is 56.0 Å². The van der Waals surface area contributed by atoms with Gasteiger partial charge >= 0.3 is 0 Å². The van der Waals surface area contributed by atoms with Crippen molar-refractivity contribution in [1.82, 2.24) is 4.98 Å². The Bertz CT molecular complexity index is 322. The highest BCUT2D eigenvalue weighted by Crippen LogP contribution is 2.11. The SMILES string of the molecule is CCCC(N)CC(=O)Cc1nc(C)cs1. The number of aryl methyl sites for hydroxylation is 1. The maximum absolute atomic E-state index is 11.6. The van der Waals surface area contributed by atoms with Crippen LogP contribution in [-0.2, 0) is 11.2 Å². The van der Waals surface area contributed by atoms with Crippen molar-refractivity contribution in [2.45, 2.75) is 45.6 Å². The first-order chi connectivity index (χ1) is 7.11. The molecule has 0 saturated heterocycles. The third kappa shape index (κ3) is 4.53. The number of carbonyl (C=O) groups excluding carboxylic acids is 1. The number of hydrogen-bond donors (Lipinski definition) is 1. The van der Waals surface area contributed by atoms with E-state index < -0.39 is 0 Å². The molecule has 15 heavy (non-hydrogen) atoms. The van der Waals surface area contributed by atoms with Crippen LogP contribution in [0.15, 0.2) is 5.38 Å². The van der Waals surface area contributed by atoms with E-state index in [4.69, 9.17) is 5.73 Å². The molecule has 84 valence electrons. The van der Waals surface area contributed by atoms with Crippen LogP contribution in [0.1, 0.15) is 36.9 Å². The van der Waals surface area contributed by atoms with Gasteiger partial charge in [-0.3, -0.25) is 4.79 Å². The third-order valence-electron chi connectivity index (χ3n) is 2.16. The fraction of sp³-hybridized carbons (Fsp3) is 0.636. The lowest BCUT2D eigenvalue weighted by Crippen LogP contribution is -2.24. The summed E-state index contributed by atoms with van der Waals surface area (Å²) in [5.41, 5.74) is 6.79. The van der Waals surface area contributed by atoms with Crippen LogP contribution in [-0.4, -0.2) is 16.8 Å². The Morgan fingerprint density at radius 1 is 1.67 bits per heavy atom. The average Bonchev–Trinajstić information content (AvgIpc) is 2.51. The monoisotopic (exact) mass is 226 g/mol. The number of rotatable bonds is 6. The van der Waals surface area contributed by atoms with Crippen molar-refractivity contribution in [3.05, 3.63) is 16.1 Å². The van der Waals surface area contributed by atoms with E-state index in [1.807, 2.05) is 12.3 Å². The summed E-state index contributed by atoms with van der Waals surface area (Å²) in [5, 5.41) is 2.87. The Morgan fingerprint density at radius 2 is 2.40 bits per heavy atom.